The van der Waals surface area contributed by atoms with Crippen molar-refractivity contribution in [3.8, 4) is 0 Å². The molecular formula is C7H9ClN4OS. The van der Waals surface area contributed by atoms with Crippen LogP contribution in [0.5, 0.6) is 0 Å². The van der Waals surface area contributed by atoms with Crippen molar-refractivity contribution >= 4 is 27.9 Å². The summed E-state index contributed by atoms with van der Waals surface area (Å²) in [5.74, 6) is 0. The van der Waals surface area contributed by atoms with Crippen LogP contribution < -0.4 is 5.73 Å². The summed E-state index contributed by atoms with van der Waals surface area (Å²) in [6.07, 6.45) is 0. The van der Waals surface area contributed by atoms with Crippen LogP contribution in [-0.2, 0) is 17.9 Å². The van der Waals surface area contributed by atoms with E-state index in [4.69, 9.17) is 22.1 Å². The van der Waals surface area contributed by atoms with Gasteiger partial charge in [-0.2, -0.15) is 5.10 Å². The molecule has 2 aromatic rings. The van der Waals surface area contributed by atoms with E-state index in [1.54, 1.807) is 11.6 Å². The zero-order chi connectivity index (χ0) is 10.1. The fourth-order valence-corrected chi connectivity index (χ4v) is 2.33. The molecule has 76 valence electrons. The number of methoxy groups -OCH3 is 1. The lowest BCUT2D eigenvalue weighted by atomic mass is 10.5. The molecular weight excluding hydrogens is 224 g/mol. The van der Waals surface area contributed by atoms with E-state index in [-0.39, 0.29) is 0 Å². The van der Waals surface area contributed by atoms with Crippen molar-refractivity contribution < 1.29 is 4.74 Å². The Labute approximate surface area is 89.4 Å². The molecule has 0 atom stereocenters. The molecule has 0 spiro atoms. The minimum absolute atomic E-state index is 0.330. The van der Waals surface area contributed by atoms with Crippen LogP contribution in [-0.4, -0.2) is 21.7 Å². The fourth-order valence-electron chi connectivity index (χ4n) is 1.16. The van der Waals surface area contributed by atoms with Gasteiger partial charge in [-0.15, -0.1) is 0 Å². The molecule has 0 saturated heterocycles. The predicted molar refractivity (Wildman–Crippen MR) is 54.5 cm³/mol. The third-order valence-corrected chi connectivity index (χ3v) is 2.94. The number of fused-ring (bicyclic) bond motifs is 1. The van der Waals surface area contributed by atoms with Crippen molar-refractivity contribution in [3.05, 3.63) is 15.9 Å². The SMILES string of the molecule is COCc1nn2c(CN)c(Cl)nc2s1. The molecule has 0 radical (unpaired) electrons. The lowest BCUT2D eigenvalue weighted by molar-refractivity contribution is 0.183. The molecule has 5 nitrogen and oxygen atoms in total. The molecule has 0 fully saturated rings. The summed E-state index contributed by atoms with van der Waals surface area (Å²) >= 11 is 7.31. The van der Waals surface area contributed by atoms with Crippen LogP contribution in [0.15, 0.2) is 0 Å². The van der Waals surface area contributed by atoms with Gasteiger partial charge in [0.2, 0.25) is 4.96 Å². The van der Waals surface area contributed by atoms with Gasteiger partial charge in [0.15, 0.2) is 5.15 Å². The summed E-state index contributed by atoms with van der Waals surface area (Å²) in [7, 11) is 1.63. The number of halogens is 1. The van der Waals surface area contributed by atoms with Crippen LogP contribution in [0.1, 0.15) is 10.7 Å². The van der Waals surface area contributed by atoms with E-state index in [1.165, 1.54) is 11.3 Å². The largest absolute Gasteiger partial charge is 0.377 e. The van der Waals surface area contributed by atoms with E-state index in [2.05, 4.69) is 10.1 Å². The van der Waals surface area contributed by atoms with Gasteiger partial charge in [0.25, 0.3) is 0 Å². The lowest BCUT2D eigenvalue weighted by Gasteiger charge is -1.92. The molecule has 2 N–H and O–H groups in total. The van der Waals surface area contributed by atoms with Gasteiger partial charge in [0.1, 0.15) is 5.01 Å². The Morgan fingerprint density at radius 1 is 1.64 bits per heavy atom. The minimum Gasteiger partial charge on any atom is -0.377 e. The van der Waals surface area contributed by atoms with E-state index < -0.39 is 0 Å². The average molecular weight is 233 g/mol. The van der Waals surface area contributed by atoms with Gasteiger partial charge in [-0.05, 0) is 0 Å². The highest BCUT2D eigenvalue weighted by Crippen LogP contribution is 2.21. The second-order valence-electron chi connectivity index (χ2n) is 2.68. The first-order valence-electron chi connectivity index (χ1n) is 3.98. The van der Waals surface area contributed by atoms with Gasteiger partial charge >= 0.3 is 0 Å². The van der Waals surface area contributed by atoms with E-state index in [0.717, 1.165) is 15.7 Å². The molecule has 0 saturated carbocycles. The van der Waals surface area contributed by atoms with Crippen LogP contribution in [0.4, 0.5) is 0 Å². The quantitative estimate of drug-likeness (QED) is 0.859. The van der Waals surface area contributed by atoms with Crippen molar-refractivity contribution in [2.75, 3.05) is 7.11 Å². The Bertz CT molecular complexity index is 452. The molecule has 0 aromatic carbocycles. The smallest absolute Gasteiger partial charge is 0.213 e. The Morgan fingerprint density at radius 2 is 2.43 bits per heavy atom. The molecule has 2 aromatic heterocycles. The molecule has 0 unspecified atom stereocenters. The first-order chi connectivity index (χ1) is 6.76. The van der Waals surface area contributed by atoms with Crippen LogP contribution in [0, 0.1) is 0 Å². The second-order valence-corrected chi connectivity index (χ2v) is 4.08. The average Bonchev–Trinajstić information content (AvgIpc) is 2.61. The Kier molecular flexibility index (Phi) is 2.69. The summed E-state index contributed by atoms with van der Waals surface area (Å²) in [5.41, 5.74) is 6.27. The topological polar surface area (TPSA) is 65.4 Å². The van der Waals surface area contributed by atoms with Crippen molar-refractivity contribution in [3.63, 3.8) is 0 Å². The van der Waals surface area contributed by atoms with Crippen molar-refractivity contribution in [1.82, 2.24) is 14.6 Å². The highest BCUT2D eigenvalue weighted by Gasteiger charge is 2.13. The lowest BCUT2D eigenvalue weighted by Crippen LogP contribution is -2.02. The molecule has 0 aliphatic carbocycles. The standard InChI is InChI=1S/C7H9ClN4OS/c1-13-3-5-11-12-4(2-9)6(8)10-7(12)14-5/h2-3,9H2,1H3. The van der Waals surface area contributed by atoms with Gasteiger partial charge in [-0.25, -0.2) is 9.50 Å². The van der Waals surface area contributed by atoms with Crippen LogP contribution in [0.2, 0.25) is 5.15 Å². The first kappa shape index (κ1) is 9.85. The van der Waals surface area contributed by atoms with Gasteiger partial charge in [0.05, 0.1) is 12.3 Å². The maximum atomic E-state index is 5.86. The number of imidazole rings is 1. The number of nitrogens with zero attached hydrogens (tertiary/aromatic N) is 3. The Hall–Kier alpha value is -0.690. The highest BCUT2D eigenvalue weighted by atomic mass is 35.5. The monoisotopic (exact) mass is 232 g/mol. The summed E-state index contributed by atoms with van der Waals surface area (Å²) < 4.78 is 6.64. The van der Waals surface area contributed by atoms with Crippen molar-refractivity contribution in [1.29, 1.82) is 0 Å². The molecule has 2 heterocycles. The van der Waals surface area contributed by atoms with E-state index in [9.17, 15) is 0 Å². The third-order valence-electron chi connectivity index (χ3n) is 1.75. The molecule has 0 aliphatic rings. The number of ether oxygens (including phenoxy) is 1. The molecule has 0 aliphatic heterocycles. The van der Waals surface area contributed by atoms with Gasteiger partial charge in [-0.1, -0.05) is 22.9 Å². The number of hydrogen-bond donors (Lipinski definition) is 1. The molecule has 0 bridgehead atoms. The van der Waals surface area contributed by atoms with E-state index >= 15 is 0 Å². The van der Waals surface area contributed by atoms with Crippen LogP contribution >= 0.6 is 22.9 Å². The Morgan fingerprint density at radius 3 is 3.07 bits per heavy atom. The normalized spacial score (nSPS) is 11.4. The van der Waals surface area contributed by atoms with Crippen molar-refractivity contribution in [2.45, 2.75) is 13.2 Å². The maximum Gasteiger partial charge on any atom is 0.213 e. The number of nitrogens with two attached hydrogens (primary N) is 1. The highest BCUT2D eigenvalue weighted by molar-refractivity contribution is 7.16. The predicted octanol–water partition coefficient (Wildman–Crippen LogP) is 1.05. The summed E-state index contributed by atoms with van der Waals surface area (Å²) in [6, 6.07) is 0. The number of rotatable bonds is 3. The molecule has 2 rings (SSSR count). The third kappa shape index (κ3) is 1.50. The summed E-state index contributed by atoms with van der Waals surface area (Å²) in [5, 5.41) is 5.57. The number of aromatic nitrogens is 3. The second kappa shape index (κ2) is 3.82. The molecule has 7 heteroatoms. The minimum atomic E-state index is 0.330. The molecule has 14 heavy (non-hydrogen) atoms. The molecule has 0 amide bonds. The van der Waals surface area contributed by atoms with Crippen LogP contribution in [0.3, 0.4) is 0 Å². The zero-order valence-electron chi connectivity index (χ0n) is 7.53. The van der Waals surface area contributed by atoms with Crippen molar-refractivity contribution in [2.24, 2.45) is 5.73 Å². The van der Waals surface area contributed by atoms with E-state index in [1.807, 2.05) is 0 Å². The first-order valence-corrected chi connectivity index (χ1v) is 5.17. The fraction of sp³-hybridized carbons (Fsp3) is 0.429. The Balaban J connectivity index is 2.51. The van der Waals surface area contributed by atoms with Crippen LogP contribution in [0.25, 0.3) is 4.96 Å². The summed E-state index contributed by atoms with van der Waals surface area (Å²) in [4.78, 5) is 4.89. The number of hydrogen-bond acceptors (Lipinski definition) is 5. The zero-order valence-corrected chi connectivity index (χ0v) is 9.10. The van der Waals surface area contributed by atoms with Gasteiger partial charge in [-0.3, -0.25) is 0 Å². The maximum absolute atomic E-state index is 5.86. The summed E-state index contributed by atoms with van der Waals surface area (Å²) in [6.45, 7) is 0.811. The van der Waals surface area contributed by atoms with E-state index in [0.29, 0.717) is 18.3 Å². The van der Waals surface area contributed by atoms with Gasteiger partial charge in [0, 0.05) is 13.7 Å². The van der Waals surface area contributed by atoms with Gasteiger partial charge < -0.3 is 10.5 Å².